The summed E-state index contributed by atoms with van der Waals surface area (Å²) < 4.78 is 13.1. The Morgan fingerprint density at radius 2 is 2.20 bits per heavy atom. The second kappa shape index (κ2) is 4.50. The molecular formula is C9H10FN5. The Morgan fingerprint density at radius 1 is 1.33 bits per heavy atom. The van der Waals surface area contributed by atoms with E-state index in [4.69, 9.17) is 0 Å². The van der Waals surface area contributed by atoms with Crippen molar-refractivity contribution in [1.29, 1.82) is 0 Å². The molecule has 0 saturated carbocycles. The predicted octanol–water partition coefficient (Wildman–Crippen LogP) is 0.993. The molecule has 2 N–H and O–H groups in total. The van der Waals surface area contributed by atoms with E-state index < -0.39 is 0 Å². The second-order valence-corrected chi connectivity index (χ2v) is 2.98. The van der Waals surface area contributed by atoms with E-state index >= 15 is 0 Å². The van der Waals surface area contributed by atoms with Gasteiger partial charge in [0.1, 0.15) is 5.82 Å². The summed E-state index contributed by atoms with van der Waals surface area (Å²) in [5.74, 6) is 0.351. The SMILES string of the molecule is Fc1ccccc1NCCc1nn[nH]n1. The molecule has 0 saturated heterocycles. The van der Waals surface area contributed by atoms with Crippen molar-refractivity contribution >= 4 is 5.69 Å². The minimum absolute atomic E-state index is 0.259. The fourth-order valence-corrected chi connectivity index (χ4v) is 1.20. The zero-order chi connectivity index (χ0) is 10.5. The van der Waals surface area contributed by atoms with Gasteiger partial charge in [0.25, 0.3) is 0 Å². The lowest BCUT2D eigenvalue weighted by atomic mass is 10.3. The van der Waals surface area contributed by atoms with Gasteiger partial charge in [-0.15, -0.1) is 10.2 Å². The third-order valence-electron chi connectivity index (χ3n) is 1.93. The number of para-hydroxylation sites is 1. The van der Waals surface area contributed by atoms with Crippen molar-refractivity contribution in [2.45, 2.75) is 6.42 Å². The first-order valence-corrected chi connectivity index (χ1v) is 4.57. The number of rotatable bonds is 4. The smallest absolute Gasteiger partial charge is 0.176 e. The number of nitrogens with one attached hydrogen (secondary N) is 2. The molecule has 6 heteroatoms. The number of halogens is 1. The van der Waals surface area contributed by atoms with Gasteiger partial charge >= 0.3 is 0 Å². The van der Waals surface area contributed by atoms with Crippen molar-refractivity contribution in [3.05, 3.63) is 35.9 Å². The third kappa shape index (κ3) is 2.49. The number of hydrogen-bond acceptors (Lipinski definition) is 4. The Kier molecular flexibility index (Phi) is 2.87. The van der Waals surface area contributed by atoms with Gasteiger partial charge in [0.05, 0.1) is 5.69 Å². The van der Waals surface area contributed by atoms with Gasteiger partial charge in [-0.2, -0.15) is 5.21 Å². The van der Waals surface area contributed by atoms with Crippen LogP contribution < -0.4 is 5.32 Å². The molecule has 0 aliphatic heterocycles. The zero-order valence-electron chi connectivity index (χ0n) is 7.94. The molecule has 0 unspecified atom stereocenters. The lowest BCUT2D eigenvalue weighted by Gasteiger charge is -2.04. The highest BCUT2D eigenvalue weighted by molar-refractivity contribution is 5.44. The molecule has 1 aromatic heterocycles. The molecule has 0 atom stereocenters. The maximum Gasteiger partial charge on any atom is 0.176 e. The molecule has 0 aliphatic carbocycles. The van der Waals surface area contributed by atoms with Crippen LogP contribution in [0.3, 0.4) is 0 Å². The highest BCUT2D eigenvalue weighted by Crippen LogP contribution is 2.11. The van der Waals surface area contributed by atoms with E-state index in [2.05, 4.69) is 25.9 Å². The summed E-state index contributed by atoms with van der Waals surface area (Å²) >= 11 is 0. The fraction of sp³-hybridized carbons (Fsp3) is 0.222. The van der Waals surface area contributed by atoms with E-state index in [1.165, 1.54) is 6.07 Å². The average molecular weight is 207 g/mol. The molecule has 0 fully saturated rings. The normalized spacial score (nSPS) is 10.2. The van der Waals surface area contributed by atoms with E-state index in [1.54, 1.807) is 18.2 Å². The number of benzene rings is 1. The van der Waals surface area contributed by atoms with Crippen LogP contribution in [0.1, 0.15) is 5.82 Å². The van der Waals surface area contributed by atoms with Crippen LogP contribution in [0.15, 0.2) is 24.3 Å². The van der Waals surface area contributed by atoms with E-state index in [9.17, 15) is 4.39 Å². The number of H-pyrrole nitrogens is 1. The van der Waals surface area contributed by atoms with Crippen molar-refractivity contribution in [3.8, 4) is 0 Å². The molecule has 1 heterocycles. The summed E-state index contributed by atoms with van der Waals surface area (Å²) in [6.45, 7) is 0.570. The second-order valence-electron chi connectivity index (χ2n) is 2.98. The topological polar surface area (TPSA) is 66.5 Å². The molecule has 0 aliphatic rings. The molecule has 78 valence electrons. The summed E-state index contributed by atoms with van der Waals surface area (Å²) in [5.41, 5.74) is 0.487. The summed E-state index contributed by atoms with van der Waals surface area (Å²) in [5, 5.41) is 16.3. The van der Waals surface area contributed by atoms with Crippen LogP contribution in [0.25, 0.3) is 0 Å². The molecule has 0 amide bonds. The summed E-state index contributed by atoms with van der Waals surface area (Å²) in [4.78, 5) is 0. The monoisotopic (exact) mass is 207 g/mol. The van der Waals surface area contributed by atoms with Gasteiger partial charge in [0, 0.05) is 13.0 Å². The maximum absolute atomic E-state index is 13.1. The first-order chi connectivity index (χ1) is 7.36. The largest absolute Gasteiger partial charge is 0.382 e. The van der Waals surface area contributed by atoms with Crippen molar-refractivity contribution in [1.82, 2.24) is 20.6 Å². The van der Waals surface area contributed by atoms with Crippen molar-refractivity contribution < 1.29 is 4.39 Å². The van der Waals surface area contributed by atoms with Crippen molar-refractivity contribution in [3.63, 3.8) is 0 Å². The Balaban J connectivity index is 1.86. The van der Waals surface area contributed by atoms with Crippen LogP contribution >= 0.6 is 0 Å². The standard InChI is InChI=1S/C9H10FN5/c10-7-3-1-2-4-8(7)11-6-5-9-12-14-15-13-9/h1-4,11H,5-6H2,(H,12,13,14,15). The molecule has 2 rings (SSSR count). The van der Waals surface area contributed by atoms with Gasteiger partial charge in [0.15, 0.2) is 5.82 Å². The Morgan fingerprint density at radius 3 is 2.93 bits per heavy atom. The average Bonchev–Trinajstić information content (AvgIpc) is 2.74. The Hall–Kier alpha value is -1.98. The lowest BCUT2D eigenvalue weighted by molar-refractivity contribution is 0.630. The van der Waals surface area contributed by atoms with Crippen LogP contribution in [-0.2, 0) is 6.42 Å². The summed E-state index contributed by atoms with van der Waals surface area (Å²) in [6.07, 6.45) is 0.602. The summed E-state index contributed by atoms with van der Waals surface area (Å²) in [6, 6.07) is 6.53. The van der Waals surface area contributed by atoms with E-state index in [1.807, 2.05) is 0 Å². The quantitative estimate of drug-likeness (QED) is 0.784. The molecule has 0 spiro atoms. The fourth-order valence-electron chi connectivity index (χ4n) is 1.20. The number of nitrogens with zero attached hydrogens (tertiary/aromatic N) is 3. The number of hydrogen-bond donors (Lipinski definition) is 2. The van der Waals surface area contributed by atoms with Gasteiger partial charge in [-0.25, -0.2) is 4.39 Å². The third-order valence-corrected chi connectivity index (χ3v) is 1.93. The maximum atomic E-state index is 13.1. The van der Waals surface area contributed by atoms with E-state index in [0.717, 1.165) is 0 Å². The first-order valence-electron chi connectivity index (χ1n) is 4.57. The van der Waals surface area contributed by atoms with Crippen LogP contribution in [0.5, 0.6) is 0 Å². The van der Waals surface area contributed by atoms with E-state index in [-0.39, 0.29) is 5.82 Å². The molecule has 15 heavy (non-hydrogen) atoms. The molecule has 5 nitrogen and oxygen atoms in total. The molecule has 2 aromatic rings. The van der Waals surface area contributed by atoms with Gasteiger partial charge in [0.2, 0.25) is 0 Å². The number of aromatic nitrogens is 4. The van der Waals surface area contributed by atoms with Crippen molar-refractivity contribution in [2.75, 3.05) is 11.9 Å². The predicted molar refractivity (Wildman–Crippen MR) is 52.8 cm³/mol. The molecule has 1 aromatic carbocycles. The molecule has 0 radical (unpaired) electrons. The Labute approximate surface area is 85.7 Å². The lowest BCUT2D eigenvalue weighted by Crippen LogP contribution is -2.07. The van der Waals surface area contributed by atoms with Crippen molar-refractivity contribution in [2.24, 2.45) is 0 Å². The Bertz CT molecular complexity index is 414. The highest BCUT2D eigenvalue weighted by atomic mass is 19.1. The van der Waals surface area contributed by atoms with Gasteiger partial charge in [-0.3, -0.25) is 0 Å². The zero-order valence-corrected chi connectivity index (χ0v) is 7.94. The van der Waals surface area contributed by atoms with Crippen LogP contribution in [0.4, 0.5) is 10.1 Å². The van der Waals surface area contributed by atoms with Gasteiger partial charge in [-0.05, 0) is 12.1 Å². The number of aromatic amines is 1. The first kappa shape index (κ1) is 9.57. The molecular weight excluding hydrogens is 197 g/mol. The minimum Gasteiger partial charge on any atom is -0.382 e. The van der Waals surface area contributed by atoms with Gasteiger partial charge < -0.3 is 5.32 Å². The highest BCUT2D eigenvalue weighted by Gasteiger charge is 2.00. The van der Waals surface area contributed by atoms with E-state index in [0.29, 0.717) is 24.5 Å². The minimum atomic E-state index is -0.259. The number of tetrazole rings is 1. The molecule has 0 bridgehead atoms. The van der Waals surface area contributed by atoms with Crippen LogP contribution in [0.2, 0.25) is 0 Å². The number of anilines is 1. The van der Waals surface area contributed by atoms with Gasteiger partial charge in [-0.1, -0.05) is 17.3 Å². The summed E-state index contributed by atoms with van der Waals surface area (Å²) in [7, 11) is 0. The van der Waals surface area contributed by atoms with Crippen LogP contribution in [0, 0.1) is 5.82 Å². The van der Waals surface area contributed by atoms with Crippen LogP contribution in [-0.4, -0.2) is 27.2 Å².